The number of aromatic nitrogens is 2. The van der Waals surface area contributed by atoms with Gasteiger partial charge in [-0.1, -0.05) is 0 Å². The van der Waals surface area contributed by atoms with Gasteiger partial charge < -0.3 is 15.5 Å². The van der Waals surface area contributed by atoms with Gasteiger partial charge in [0.05, 0.1) is 18.2 Å². The summed E-state index contributed by atoms with van der Waals surface area (Å²) in [5.74, 6) is -0.121. The van der Waals surface area contributed by atoms with Crippen LogP contribution in [0.5, 0.6) is 0 Å². The van der Waals surface area contributed by atoms with Crippen molar-refractivity contribution in [3.63, 3.8) is 0 Å². The third-order valence-corrected chi connectivity index (χ3v) is 5.48. The number of rotatable bonds is 3. The molecule has 7 heteroatoms. The van der Waals surface area contributed by atoms with Crippen molar-refractivity contribution in [1.82, 2.24) is 20.0 Å². The highest BCUT2D eigenvalue weighted by atomic mass is 16.2. The molecule has 138 valence electrons. The molecule has 2 heterocycles. The van der Waals surface area contributed by atoms with Crippen molar-refractivity contribution in [2.45, 2.75) is 58.0 Å². The monoisotopic (exact) mass is 347 g/mol. The number of hydrogen-bond acceptors (Lipinski definition) is 4. The minimum Gasteiger partial charge on any atom is -0.341 e. The van der Waals surface area contributed by atoms with Gasteiger partial charge in [-0.2, -0.15) is 5.10 Å². The van der Waals surface area contributed by atoms with E-state index in [9.17, 15) is 9.59 Å². The summed E-state index contributed by atoms with van der Waals surface area (Å²) in [6.45, 7) is 3.06. The Morgan fingerprint density at radius 2 is 2.04 bits per heavy atom. The van der Waals surface area contributed by atoms with Crippen molar-refractivity contribution in [3.8, 4) is 0 Å². The van der Waals surface area contributed by atoms with E-state index < -0.39 is 0 Å². The molecule has 0 bridgehead atoms. The summed E-state index contributed by atoms with van der Waals surface area (Å²) >= 11 is 0. The molecular formula is C18H29N5O2. The molecule has 2 aliphatic rings. The summed E-state index contributed by atoms with van der Waals surface area (Å²) in [6.07, 6.45) is 5.98. The van der Waals surface area contributed by atoms with Crippen LogP contribution in [0.2, 0.25) is 0 Å². The predicted molar refractivity (Wildman–Crippen MR) is 94.7 cm³/mol. The highest BCUT2D eigenvalue weighted by molar-refractivity contribution is 5.80. The molecule has 1 aliphatic carbocycles. The Morgan fingerprint density at radius 3 is 2.80 bits per heavy atom. The zero-order valence-electron chi connectivity index (χ0n) is 15.3. The van der Waals surface area contributed by atoms with Crippen molar-refractivity contribution in [2.75, 3.05) is 20.1 Å². The maximum absolute atomic E-state index is 12.9. The van der Waals surface area contributed by atoms with Gasteiger partial charge in [0.1, 0.15) is 0 Å². The number of nitrogens with one attached hydrogen (secondary N) is 1. The molecule has 2 atom stereocenters. The Bertz CT molecular complexity index is 641. The molecule has 1 aliphatic heterocycles. The highest BCUT2D eigenvalue weighted by Gasteiger charge is 2.30. The highest BCUT2D eigenvalue weighted by Crippen LogP contribution is 2.24. The minimum atomic E-state index is -0.183. The van der Waals surface area contributed by atoms with E-state index in [2.05, 4.69) is 10.2 Å². The Labute approximate surface area is 148 Å². The van der Waals surface area contributed by atoms with E-state index >= 15 is 0 Å². The molecule has 1 fully saturated rings. The molecule has 1 aromatic rings. The fourth-order valence-corrected chi connectivity index (χ4v) is 3.97. The number of hydrogen-bond donors (Lipinski definition) is 2. The summed E-state index contributed by atoms with van der Waals surface area (Å²) < 4.78 is 0. The molecule has 7 nitrogen and oxygen atoms in total. The fraction of sp³-hybridized carbons (Fsp3) is 0.722. The lowest BCUT2D eigenvalue weighted by atomic mass is 9.95. The van der Waals surface area contributed by atoms with E-state index in [4.69, 9.17) is 5.73 Å². The van der Waals surface area contributed by atoms with Gasteiger partial charge in [0.15, 0.2) is 0 Å². The van der Waals surface area contributed by atoms with E-state index in [1.54, 1.807) is 16.7 Å². The van der Waals surface area contributed by atoms with E-state index in [0.717, 1.165) is 31.4 Å². The van der Waals surface area contributed by atoms with Crippen LogP contribution in [0.25, 0.3) is 0 Å². The smallest absolute Gasteiger partial charge is 0.227 e. The van der Waals surface area contributed by atoms with Crippen molar-refractivity contribution in [1.29, 1.82) is 0 Å². The SMILES string of the molecule is CC(=O)N1C[C@@H](N)CC[C@@H](C(=O)N(C)Cc2n[nH]c3c2CCCC3)C1. The third-order valence-electron chi connectivity index (χ3n) is 5.48. The van der Waals surface area contributed by atoms with Crippen LogP contribution in [-0.4, -0.2) is 58.0 Å². The lowest BCUT2D eigenvalue weighted by Gasteiger charge is -2.26. The number of carbonyl (C=O) groups is 2. The average molecular weight is 347 g/mol. The van der Waals surface area contributed by atoms with Crippen LogP contribution >= 0.6 is 0 Å². The molecule has 0 spiro atoms. The molecule has 25 heavy (non-hydrogen) atoms. The predicted octanol–water partition coefficient (Wildman–Crippen LogP) is 0.833. The van der Waals surface area contributed by atoms with Crippen LogP contribution in [0.15, 0.2) is 0 Å². The number of aryl methyl sites for hydroxylation is 1. The van der Waals surface area contributed by atoms with Crippen LogP contribution < -0.4 is 5.73 Å². The maximum atomic E-state index is 12.9. The number of amides is 2. The Morgan fingerprint density at radius 1 is 1.28 bits per heavy atom. The number of aromatic amines is 1. The minimum absolute atomic E-state index is 0.0147. The van der Waals surface area contributed by atoms with Gasteiger partial charge in [0.2, 0.25) is 11.8 Å². The van der Waals surface area contributed by atoms with Gasteiger partial charge >= 0.3 is 0 Å². The second-order valence-electron chi connectivity index (χ2n) is 7.49. The van der Waals surface area contributed by atoms with E-state index in [-0.39, 0.29) is 23.8 Å². The van der Waals surface area contributed by atoms with Gasteiger partial charge in [0.25, 0.3) is 0 Å². The Balaban J connectivity index is 1.67. The topological polar surface area (TPSA) is 95.3 Å². The van der Waals surface area contributed by atoms with Crippen molar-refractivity contribution < 1.29 is 9.59 Å². The van der Waals surface area contributed by atoms with E-state index in [1.807, 2.05) is 7.05 Å². The fourth-order valence-electron chi connectivity index (χ4n) is 3.97. The number of H-pyrrole nitrogens is 1. The first-order valence-electron chi connectivity index (χ1n) is 9.26. The Kier molecular flexibility index (Phi) is 5.42. The molecule has 3 rings (SSSR count). The van der Waals surface area contributed by atoms with Crippen LogP contribution in [0.4, 0.5) is 0 Å². The Hall–Kier alpha value is -1.89. The first-order valence-corrected chi connectivity index (χ1v) is 9.26. The summed E-state index contributed by atoms with van der Waals surface area (Å²) in [4.78, 5) is 28.2. The summed E-state index contributed by atoms with van der Waals surface area (Å²) in [5.41, 5.74) is 9.56. The van der Waals surface area contributed by atoms with Crippen LogP contribution in [-0.2, 0) is 29.0 Å². The zero-order valence-corrected chi connectivity index (χ0v) is 15.3. The van der Waals surface area contributed by atoms with Gasteiger partial charge in [-0.3, -0.25) is 14.7 Å². The van der Waals surface area contributed by atoms with Gasteiger partial charge in [-0.25, -0.2) is 0 Å². The summed E-state index contributed by atoms with van der Waals surface area (Å²) in [6, 6.07) is -0.0506. The molecule has 0 saturated carbocycles. The zero-order chi connectivity index (χ0) is 18.0. The molecule has 0 unspecified atom stereocenters. The lowest BCUT2D eigenvalue weighted by molar-refractivity contribution is -0.137. The number of carbonyl (C=O) groups excluding carboxylic acids is 2. The first-order chi connectivity index (χ1) is 12.0. The van der Waals surface area contributed by atoms with Crippen LogP contribution in [0.3, 0.4) is 0 Å². The quantitative estimate of drug-likeness (QED) is 0.847. The molecule has 2 amide bonds. The van der Waals surface area contributed by atoms with Crippen LogP contribution in [0.1, 0.15) is 49.6 Å². The molecule has 1 saturated heterocycles. The van der Waals surface area contributed by atoms with Gasteiger partial charge in [-0.15, -0.1) is 0 Å². The third kappa shape index (κ3) is 4.03. The van der Waals surface area contributed by atoms with Gasteiger partial charge in [0, 0.05) is 38.8 Å². The largest absolute Gasteiger partial charge is 0.341 e. The second kappa shape index (κ2) is 7.56. The lowest BCUT2D eigenvalue weighted by Crippen LogP contribution is -2.42. The number of likely N-dealkylation sites (tertiary alicyclic amines) is 1. The van der Waals surface area contributed by atoms with E-state index in [0.29, 0.717) is 19.6 Å². The molecule has 0 radical (unpaired) electrons. The summed E-state index contributed by atoms with van der Waals surface area (Å²) in [5, 5.41) is 7.57. The first kappa shape index (κ1) is 17.9. The summed E-state index contributed by atoms with van der Waals surface area (Å²) in [7, 11) is 1.83. The second-order valence-corrected chi connectivity index (χ2v) is 7.49. The molecule has 0 aromatic carbocycles. The van der Waals surface area contributed by atoms with Crippen molar-refractivity contribution >= 4 is 11.8 Å². The van der Waals surface area contributed by atoms with E-state index in [1.165, 1.54) is 24.1 Å². The molecular weight excluding hydrogens is 318 g/mol. The standard InChI is InChI=1S/C18H29N5O2/c1-12(24)23-9-13(7-8-14(19)10-23)18(25)22(2)11-17-15-5-3-4-6-16(15)20-21-17/h13-14H,3-11,19H2,1-2H3,(H,20,21)/t13-,14+/m1/s1. The molecule has 1 aromatic heterocycles. The molecule has 3 N–H and O–H groups in total. The van der Waals surface area contributed by atoms with Gasteiger partial charge in [-0.05, 0) is 44.1 Å². The average Bonchev–Trinajstić information content (AvgIpc) is 2.88. The number of nitrogens with two attached hydrogens (primary N) is 1. The van der Waals surface area contributed by atoms with Crippen molar-refractivity contribution in [3.05, 3.63) is 17.0 Å². The maximum Gasteiger partial charge on any atom is 0.227 e. The normalized spacial score (nSPS) is 23.7. The van der Waals surface area contributed by atoms with Crippen LogP contribution in [0, 0.1) is 5.92 Å². The van der Waals surface area contributed by atoms with Crippen molar-refractivity contribution in [2.24, 2.45) is 11.7 Å². The number of nitrogens with zero attached hydrogens (tertiary/aromatic N) is 3. The number of fused-ring (bicyclic) bond motifs is 1.